The van der Waals surface area contributed by atoms with Gasteiger partial charge in [0.05, 0.1) is 0 Å². The molecule has 1 heterocycles. The molecule has 9 aromatic carbocycles. The van der Waals surface area contributed by atoms with Crippen LogP contribution in [-0.2, 0) is 6.54 Å². The number of anilines is 3. The van der Waals surface area contributed by atoms with Crippen molar-refractivity contribution >= 4 is 60.4 Å². The van der Waals surface area contributed by atoms with Crippen LogP contribution >= 0.6 is 0 Å². The highest BCUT2D eigenvalue weighted by Gasteiger charge is 2.18. The highest BCUT2D eigenvalue weighted by atomic mass is 15.1. The van der Waals surface area contributed by atoms with Gasteiger partial charge < -0.3 is 9.47 Å². The summed E-state index contributed by atoms with van der Waals surface area (Å²) in [5, 5.41) is 7.62. The molecule has 0 saturated carbocycles. The zero-order chi connectivity index (χ0) is 36.0. The van der Waals surface area contributed by atoms with Crippen molar-refractivity contribution in [3.63, 3.8) is 0 Å². The van der Waals surface area contributed by atoms with Gasteiger partial charge >= 0.3 is 0 Å². The van der Waals surface area contributed by atoms with Crippen LogP contribution in [0.15, 0.2) is 200 Å². The van der Waals surface area contributed by atoms with Crippen molar-refractivity contribution in [2.75, 3.05) is 4.90 Å². The van der Waals surface area contributed by atoms with Gasteiger partial charge in [-0.05, 0) is 110 Å². The number of para-hydroxylation sites is 1. The standard InChI is InChI=1S/C52H38N2/c1-2-53-50-25-8-7-21-49(50)52-48(24-12-26-51(52)53)40-17-9-18-43(35-40)54(41-31-27-38(28-32-41)46-22-10-15-36-13-3-5-19-44(36)46)42-33-29-39(30-34-42)47-23-11-16-37-14-4-6-20-45(37)47/h3-35H,2H2,1H3. The van der Waals surface area contributed by atoms with Crippen LogP contribution in [0.4, 0.5) is 17.1 Å². The van der Waals surface area contributed by atoms with Crippen LogP contribution in [-0.4, -0.2) is 4.57 Å². The van der Waals surface area contributed by atoms with Gasteiger partial charge in [0, 0.05) is 45.4 Å². The van der Waals surface area contributed by atoms with Gasteiger partial charge in [0.15, 0.2) is 0 Å². The van der Waals surface area contributed by atoms with E-state index in [1.807, 2.05) is 0 Å². The number of rotatable bonds is 7. The largest absolute Gasteiger partial charge is 0.341 e. The third-order valence-corrected chi connectivity index (χ3v) is 11.0. The molecule has 0 atom stereocenters. The number of nitrogens with zero attached hydrogens (tertiary/aromatic N) is 2. The Balaban J connectivity index is 1.12. The summed E-state index contributed by atoms with van der Waals surface area (Å²) in [6.45, 7) is 3.15. The zero-order valence-corrected chi connectivity index (χ0v) is 30.2. The Bertz CT molecular complexity index is 2840. The second-order valence-corrected chi connectivity index (χ2v) is 14.0. The van der Waals surface area contributed by atoms with Gasteiger partial charge in [-0.3, -0.25) is 0 Å². The van der Waals surface area contributed by atoms with Crippen LogP contribution in [0.25, 0.3) is 76.7 Å². The Labute approximate surface area is 315 Å². The molecule has 10 rings (SSSR count). The topological polar surface area (TPSA) is 8.17 Å². The molecule has 0 aliphatic rings. The lowest BCUT2D eigenvalue weighted by Crippen LogP contribution is -2.10. The minimum absolute atomic E-state index is 0.921. The van der Waals surface area contributed by atoms with Gasteiger partial charge in [-0.15, -0.1) is 0 Å². The molecule has 0 spiro atoms. The van der Waals surface area contributed by atoms with Gasteiger partial charge in [-0.25, -0.2) is 0 Å². The maximum Gasteiger partial charge on any atom is 0.0497 e. The number of hydrogen-bond donors (Lipinski definition) is 0. The fourth-order valence-corrected chi connectivity index (χ4v) is 8.47. The number of aryl methyl sites for hydroxylation is 1. The number of hydrogen-bond acceptors (Lipinski definition) is 1. The predicted octanol–water partition coefficient (Wildman–Crippen LogP) is 14.6. The van der Waals surface area contributed by atoms with E-state index in [1.165, 1.54) is 76.7 Å². The summed E-state index contributed by atoms with van der Waals surface area (Å²) >= 11 is 0. The minimum atomic E-state index is 0.921. The SMILES string of the molecule is CCn1c2ccccc2c2c(-c3cccc(N(c4ccc(-c5cccc6ccccc56)cc4)c4ccc(-c5cccc6ccccc56)cc4)c3)cccc21. The first kappa shape index (κ1) is 31.8. The summed E-state index contributed by atoms with van der Waals surface area (Å²) in [4.78, 5) is 2.39. The van der Waals surface area contributed by atoms with E-state index < -0.39 is 0 Å². The van der Waals surface area contributed by atoms with Crippen molar-refractivity contribution in [1.29, 1.82) is 0 Å². The second-order valence-electron chi connectivity index (χ2n) is 14.0. The van der Waals surface area contributed by atoms with Crippen molar-refractivity contribution < 1.29 is 0 Å². The Hall–Kier alpha value is -6.90. The smallest absolute Gasteiger partial charge is 0.0497 e. The van der Waals surface area contributed by atoms with E-state index in [1.54, 1.807) is 0 Å². The fraction of sp³-hybridized carbons (Fsp3) is 0.0385. The molecule has 10 aromatic rings. The normalized spacial score (nSPS) is 11.5. The van der Waals surface area contributed by atoms with Gasteiger partial charge in [0.2, 0.25) is 0 Å². The first-order valence-electron chi connectivity index (χ1n) is 18.8. The molecule has 256 valence electrons. The lowest BCUT2D eigenvalue weighted by atomic mass is 9.97. The summed E-state index contributed by atoms with van der Waals surface area (Å²) < 4.78 is 2.43. The zero-order valence-electron chi connectivity index (χ0n) is 30.2. The van der Waals surface area contributed by atoms with Crippen molar-refractivity contribution in [1.82, 2.24) is 4.57 Å². The maximum absolute atomic E-state index is 2.43. The monoisotopic (exact) mass is 690 g/mol. The molecule has 0 aliphatic heterocycles. The van der Waals surface area contributed by atoms with Crippen molar-refractivity contribution in [3.8, 4) is 33.4 Å². The lowest BCUT2D eigenvalue weighted by Gasteiger charge is -2.26. The molecule has 2 nitrogen and oxygen atoms in total. The molecular formula is C52H38N2. The summed E-state index contributed by atoms with van der Waals surface area (Å²) in [5.74, 6) is 0. The molecule has 0 saturated heterocycles. The van der Waals surface area contributed by atoms with Crippen molar-refractivity contribution in [2.45, 2.75) is 13.5 Å². The summed E-state index contributed by atoms with van der Waals surface area (Å²) in [5.41, 5.74) is 13.2. The molecule has 0 fully saturated rings. The molecule has 0 radical (unpaired) electrons. The number of fused-ring (bicyclic) bond motifs is 5. The molecule has 2 heteroatoms. The Morgan fingerprint density at radius 1 is 0.370 bits per heavy atom. The first-order chi connectivity index (χ1) is 26.7. The number of aromatic nitrogens is 1. The van der Waals surface area contributed by atoms with Crippen LogP contribution in [0.1, 0.15) is 6.92 Å². The first-order valence-corrected chi connectivity index (χ1v) is 18.8. The van der Waals surface area contributed by atoms with E-state index in [0.717, 1.165) is 23.6 Å². The van der Waals surface area contributed by atoms with Gasteiger partial charge in [-0.1, -0.05) is 152 Å². The second kappa shape index (κ2) is 13.3. The van der Waals surface area contributed by atoms with Crippen molar-refractivity contribution in [2.24, 2.45) is 0 Å². The van der Waals surface area contributed by atoms with Crippen LogP contribution in [0.5, 0.6) is 0 Å². The maximum atomic E-state index is 2.43. The molecule has 54 heavy (non-hydrogen) atoms. The molecule has 0 amide bonds. The molecule has 0 bridgehead atoms. The predicted molar refractivity (Wildman–Crippen MR) is 231 cm³/mol. The molecule has 0 N–H and O–H groups in total. The van der Waals surface area contributed by atoms with Crippen LogP contribution in [0, 0.1) is 0 Å². The molecule has 0 aliphatic carbocycles. The molecular weight excluding hydrogens is 653 g/mol. The van der Waals surface area contributed by atoms with Gasteiger partial charge in [-0.2, -0.15) is 0 Å². The summed E-state index contributed by atoms with van der Waals surface area (Å²) in [6.07, 6.45) is 0. The Morgan fingerprint density at radius 3 is 1.46 bits per heavy atom. The lowest BCUT2D eigenvalue weighted by molar-refractivity contribution is 0.827. The minimum Gasteiger partial charge on any atom is -0.341 e. The number of benzene rings is 9. The van der Waals surface area contributed by atoms with Crippen LogP contribution in [0.2, 0.25) is 0 Å². The third kappa shape index (κ3) is 5.35. The molecule has 1 aromatic heterocycles. The van der Waals surface area contributed by atoms with E-state index in [4.69, 9.17) is 0 Å². The quantitative estimate of drug-likeness (QED) is 0.162. The van der Waals surface area contributed by atoms with E-state index in [-0.39, 0.29) is 0 Å². The average molecular weight is 691 g/mol. The van der Waals surface area contributed by atoms with Crippen LogP contribution < -0.4 is 4.90 Å². The van der Waals surface area contributed by atoms with Crippen LogP contribution in [0.3, 0.4) is 0 Å². The average Bonchev–Trinajstić information content (AvgIpc) is 3.58. The Morgan fingerprint density at radius 2 is 0.852 bits per heavy atom. The fourth-order valence-electron chi connectivity index (χ4n) is 8.47. The van der Waals surface area contributed by atoms with E-state index in [0.29, 0.717) is 0 Å². The van der Waals surface area contributed by atoms with E-state index in [9.17, 15) is 0 Å². The van der Waals surface area contributed by atoms with Crippen molar-refractivity contribution in [3.05, 3.63) is 200 Å². The summed E-state index contributed by atoms with van der Waals surface area (Å²) in [6, 6.07) is 73.0. The molecule has 0 unspecified atom stereocenters. The van der Waals surface area contributed by atoms with Gasteiger partial charge in [0.1, 0.15) is 0 Å². The Kier molecular flexibility index (Phi) is 7.81. The van der Waals surface area contributed by atoms with E-state index in [2.05, 4.69) is 217 Å². The third-order valence-electron chi connectivity index (χ3n) is 11.0. The summed E-state index contributed by atoms with van der Waals surface area (Å²) in [7, 11) is 0. The van der Waals surface area contributed by atoms with Gasteiger partial charge in [0.25, 0.3) is 0 Å². The highest BCUT2D eigenvalue weighted by molar-refractivity contribution is 6.15. The van der Waals surface area contributed by atoms with E-state index >= 15 is 0 Å². The highest BCUT2D eigenvalue weighted by Crippen LogP contribution is 2.42.